The highest BCUT2D eigenvalue weighted by Crippen LogP contribution is 2.10. The maximum absolute atomic E-state index is 5.55. The van der Waals surface area contributed by atoms with Gasteiger partial charge >= 0.3 is 0 Å². The van der Waals surface area contributed by atoms with E-state index in [9.17, 15) is 0 Å². The van der Waals surface area contributed by atoms with Crippen molar-refractivity contribution in [2.24, 2.45) is 7.05 Å². The van der Waals surface area contributed by atoms with Crippen molar-refractivity contribution in [2.45, 2.75) is 19.5 Å². The molecule has 0 spiro atoms. The first kappa shape index (κ1) is 12.5. The van der Waals surface area contributed by atoms with Gasteiger partial charge in [0.1, 0.15) is 0 Å². The number of rotatable bonds is 5. The summed E-state index contributed by atoms with van der Waals surface area (Å²) in [6.45, 7) is 7.69. The van der Waals surface area contributed by atoms with E-state index in [1.54, 1.807) is 0 Å². The summed E-state index contributed by atoms with van der Waals surface area (Å²) in [5.41, 5.74) is 1.14. The van der Waals surface area contributed by atoms with Crippen molar-refractivity contribution < 1.29 is 4.74 Å². The highest BCUT2D eigenvalue weighted by molar-refractivity contribution is 4.99. The van der Waals surface area contributed by atoms with E-state index in [0.29, 0.717) is 6.04 Å². The molecule has 1 aromatic heterocycles. The van der Waals surface area contributed by atoms with E-state index in [2.05, 4.69) is 28.3 Å². The number of morpholine rings is 1. The van der Waals surface area contributed by atoms with Gasteiger partial charge in [0.25, 0.3) is 0 Å². The maximum Gasteiger partial charge on any atom is 0.0764 e. The van der Waals surface area contributed by atoms with Crippen molar-refractivity contribution in [2.75, 3.05) is 32.8 Å². The number of nitrogens with zero attached hydrogens (tertiary/aromatic N) is 3. The predicted molar refractivity (Wildman–Crippen MR) is 66.8 cm³/mol. The number of likely N-dealkylation sites (N-methyl/N-ethyl adjacent to an activating group) is 1. The summed E-state index contributed by atoms with van der Waals surface area (Å²) in [4.78, 5) is 2.45. The van der Waals surface area contributed by atoms with Gasteiger partial charge in [-0.1, -0.05) is 6.92 Å². The lowest BCUT2D eigenvalue weighted by atomic mass is 10.2. The van der Waals surface area contributed by atoms with Gasteiger partial charge in [-0.15, -0.1) is 0 Å². The number of hydrogen-bond acceptors (Lipinski definition) is 4. The van der Waals surface area contributed by atoms with Crippen molar-refractivity contribution in [3.8, 4) is 0 Å². The highest BCUT2D eigenvalue weighted by Gasteiger charge is 2.23. The highest BCUT2D eigenvalue weighted by atomic mass is 16.5. The Kier molecular flexibility index (Phi) is 4.53. The standard InChI is InChI=1S/C12H22N4O/c1-3-13-8-12-10-17-7-6-16(12)9-11-4-5-15(2)14-11/h4-5,12-13H,3,6-10H2,1-2H3. The Hall–Kier alpha value is -0.910. The van der Waals surface area contributed by atoms with E-state index in [0.717, 1.165) is 45.1 Å². The van der Waals surface area contributed by atoms with Crippen molar-refractivity contribution in [3.05, 3.63) is 18.0 Å². The van der Waals surface area contributed by atoms with Gasteiger partial charge in [-0.3, -0.25) is 9.58 Å². The molecule has 2 rings (SSSR count). The molecule has 1 aliphatic rings. The summed E-state index contributed by atoms with van der Waals surface area (Å²) in [7, 11) is 1.96. The predicted octanol–water partition coefficient (Wildman–Crippen LogP) is 0.230. The van der Waals surface area contributed by atoms with Crippen LogP contribution in [-0.4, -0.2) is 53.6 Å². The van der Waals surface area contributed by atoms with E-state index in [1.807, 2.05) is 17.9 Å². The van der Waals surface area contributed by atoms with Gasteiger partial charge in [-0.05, 0) is 12.6 Å². The zero-order valence-corrected chi connectivity index (χ0v) is 10.7. The molecule has 0 radical (unpaired) electrons. The second-order valence-electron chi connectivity index (χ2n) is 4.49. The maximum atomic E-state index is 5.55. The normalized spacial score (nSPS) is 21.9. The monoisotopic (exact) mass is 238 g/mol. The van der Waals surface area contributed by atoms with Crippen LogP contribution in [0.1, 0.15) is 12.6 Å². The molecule has 1 N–H and O–H groups in total. The van der Waals surface area contributed by atoms with Crippen LogP contribution in [-0.2, 0) is 18.3 Å². The second kappa shape index (κ2) is 6.14. The molecule has 2 heterocycles. The molecule has 1 saturated heterocycles. The first-order valence-electron chi connectivity index (χ1n) is 6.30. The Morgan fingerprint density at radius 3 is 3.18 bits per heavy atom. The molecule has 1 aliphatic heterocycles. The van der Waals surface area contributed by atoms with Crippen molar-refractivity contribution >= 4 is 0 Å². The Morgan fingerprint density at radius 1 is 1.59 bits per heavy atom. The zero-order valence-electron chi connectivity index (χ0n) is 10.7. The lowest BCUT2D eigenvalue weighted by molar-refractivity contribution is -0.0113. The Morgan fingerprint density at radius 2 is 2.47 bits per heavy atom. The zero-order chi connectivity index (χ0) is 12.1. The van der Waals surface area contributed by atoms with Crippen LogP contribution < -0.4 is 5.32 Å². The van der Waals surface area contributed by atoms with Gasteiger partial charge in [0.05, 0.1) is 18.9 Å². The molecular weight excluding hydrogens is 216 g/mol. The van der Waals surface area contributed by atoms with Gasteiger partial charge in [0, 0.05) is 38.9 Å². The molecule has 5 nitrogen and oxygen atoms in total. The van der Waals surface area contributed by atoms with Crippen LogP contribution in [0, 0.1) is 0 Å². The third kappa shape index (κ3) is 3.52. The summed E-state index contributed by atoms with van der Waals surface area (Å²) in [5, 5.41) is 7.82. The quantitative estimate of drug-likeness (QED) is 0.797. The number of aryl methyl sites for hydroxylation is 1. The average Bonchev–Trinajstić information content (AvgIpc) is 2.74. The SMILES string of the molecule is CCNCC1COCCN1Cc1ccn(C)n1. The number of hydrogen-bond donors (Lipinski definition) is 1. The topological polar surface area (TPSA) is 42.3 Å². The fourth-order valence-corrected chi connectivity index (χ4v) is 2.15. The average molecular weight is 238 g/mol. The summed E-state index contributed by atoms with van der Waals surface area (Å²) >= 11 is 0. The van der Waals surface area contributed by atoms with Gasteiger partial charge in [-0.25, -0.2) is 0 Å². The minimum absolute atomic E-state index is 0.464. The van der Waals surface area contributed by atoms with Crippen molar-refractivity contribution in [3.63, 3.8) is 0 Å². The molecule has 0 bridgehead atoms. The van der Waals surface area contributed by atoms with E-state index >= 15 is 0 Å². The van der Waals surface area contributed by atoms with Crippen LogP contribution in [0.15, 0.2) is 12.3 Å². The molecule has 0 aliphatic carbocycles. The molecule has 1 fully saturated rings. The number of aromatic nitrogens is 2. The lowest BCUT2D eigenvalue weighted by Gasteiger charge is -2.35. The van der Waals surface area contributed by atoms with Gasteiger partial charge in [0.15, 0.2) is 0 Å². The van der Waals surface area contributed by atoms with Crippen LogP contribution in [0.5, 0.6) is 0 Å². The van der Waals surface area contributed by atoms with Crippen molar-refractivity contribution in [1.82, 2.24) is 20.0 Å². The molecule has 17 heavy (non-hydrogen) atoms. The largest absolute Gasteiger partial charge is 0.378 e. The Labute approximate surface area is 103 Å². The fraction of sp³-hybridized carbons (Fsp3) is 0.750. The first-order valence-corrected chi connectivity index (χ1v) is 6.30. The minimum atomic E-state index is 0.464. The lowest BCUT2D eigenvalue weighted by Crippen LogP contribution is -2.49. The van der Waals surface area contributed by atoms with Crippen LogP contribution in [0.25, 0.3) is 0 Å². The molecule has 96 valence electrons. The molecule has 5 heteroatoms. The molecule has 1 aromatic rings. The fourth-order valence-electron chi connectivity index (χ4n) is 2.15. The van der Waals surface area contributed by atoms with Crippen LogP contribution >= 0.6 is 0 Å². The number of ether oxygens (including phenoxy) is 1. The van der Waals surface area contributed by atoms with Crippen LogP contribution in [0.2, 0.25) is 0 Å². The molecule has 0 saturated carbocycles. The molecule has 0 amide bonds. The van der Waals surface area contributed by atoms with E-state index < -0.39 is 0 Å². The second-order valence-corrected chi connectivity index (χ2v) is 4.49. The molecule has 0 aromatic carbocycles. The molecular formula is C12H22N4O. The Bertz CT molecular complexity index is 339. The molecule has 1 unspecified atom stereocenters. The van der Waals surface area contributed by atoms with Gasteiger partial charge in [0.2, 0.25) is 0 Å². The third-order valence-corrected chi connectivity index (χ3v) is 3.11. The third-order valence-electron chi connectivity index (χ3n) is 3.11. The number of nitrogens with one attached hydrogen (secondary N) is 1. The van der Waals surface area contributed by atoms with Crippen molar-refractivity contribution in [1.29, 1.82) is 0 Å². The summed E-state index contributed by atoms with van der Waals surface area (Å²) in [5.74, 6) is 0. The minimum Gasteiger partial charge on any atom is -0.378 e. The molecule has 1 atom stereocenters. The van der Waals surface area contributed by atoms with Gasteiger partial charge < -0.3 is 10.1 Å². The van der Waals surface area contributed by atoms with E-state index in [1.165, 1.54) is 0 Å². The van der Waals surface area contributed by atoms with Gasteiger partial charge in [-0.2, -0.15) is 5.10 Å². The van der Waals surface area contributed by atoms with E-state index in [-0.39, 0.29) is 0 Å². The first-order chi connectivity index (χ1) is 8.29. The van der Waals surface area contributed by atoms with Crippen LogP contribution in [0.4, 0.5) is 0 Å². The summed E-state index contributed by atoms with van der Waals surface area (Å²) in [6.07, 6.45) is 2.00. The summed E-state index contributed by atoms with van der Waals surface area (Å²) in [6, 6.07) is 2.55. The summed E-state index contributed by atoms with van der Waals surface area (Å²) < 4.78 is 7.40. The van der Waals surface area contributed by atoms with E-state index in [4.69, 9.17) is 4.74 Å². The Balaban J connectivity index is 1.91. The van der Waals surface area contributed by atoms with Crippen LogP contribution in [0.3, 0.4) is 0 Å². The smallest absolute Gasteiger partial charge is 0.0764 e.